The van der Waals surface area contributed by atoms with Gasteiger partial charge in [0.1, 0.15) is 0 Å². The lowest BCUT2D eigenvalue weighted by Gasteiger charge is -2.35. The molecule has 0 aliphatic carbocycles. The first-order valence-corrected chi connectivity index (χ1v) is 20.5. The molecule has 0 atom stereocenters. The quantitative estimate of drug-likeness (QED) is 0.179. The highest BCUT2D eigenvalue weighted by Crippen LogP contribution is 2.54. The topological polar surface area (TPSA) is 34.0 Å². The van der Waals surface area contributed by atoms with Crippen molar-refractivity contribution in [2.75, 3.05) is 4.90 Å². The van der Waals surface area contributed by atoms with Crippen molar-refractivity contribution in [3.63, 3.8) is 0 Å². The van der Waals surface area contributed by atoms with Crippen LogP contribution in [-0.4, -0.2) is 14.5 Å². The number of fused-ring (bicyclic) bond motifs is 9. The third-order valence-electron chi connectivity index (χ3n) is 12.5. The Balaban J connectivity index is 1.06. The Morgan fingerprint density at radius 1 is 0.350 bits per heavy atom. The summed E-state index contributed by atoms with van der Waals surface area (Å²) in [6.07, 6.45) is 0. The van der Waals surface area contributed by atoms with Crippen LogP contribution in [0.5, 0.6) is 0 Å². The zero-order valence-electron chi connectivity index (χ0n) is 32.4. The van der Waals surface area contributed by atoms with Gasteiger partial charge in [0.2, 0.25) is 0 Å². The number of nitrogens with zero attached hydrogens (tertiary/aromatic N) is 4. The Bertz CT molecular complexity index is 3730. The Kier molecular flexibility index (Phi) is 6.98. The zero-order chi connectivity index (χ0) is 39.3. The molecule has 10 aromatic carbocycles. The van der Waals surface area contributed by atoms with E-state index in [2.05, 4.69) is 204 Å². The first kappa shape index (κ1) is 32.9. The molecule has 0 N–H and O–H groups in total. The van der Waals surface area contributed by atoms with Gasteiger partial charge in [-0.3, -0.25) is 0 Å². The average molecular weight is 763 g/mol. The Morgan fingerprint density at radius 3 is 1.85 bits per heavy atom. The smallest absolute Gasteiger partial charge is 0.0979 e. The van der Waals surface area contributed by atoms with Crippen molar-refractivity contribution in [3.8, 4) is 39.3 Å². The molecule has 0 unspecified atom stereocenters. The Labute approximate surface area is 345 Å². The van der Waals surface area contributed by atoms with Crippen LogP contribution in [0.15, 0.2) is 206 Å². The summed E-state index contributed by atoms with van der Waals surface area (Å²) in [4.78, 5) is 13.4. The minimum atomic E-state index is 0.860. The van der Waals surface area contributed by atoms with E-state index in [-0.39, 0.29) is 0 Å². The number of aromatic nitrogens is 3. The maximum Gasteiger partial charge on any atom is 0.0979 e. The van der Waals surface area contributed by atoms with Crippen LogP contribution in [0.1, 0.15) is 0 Å². The summed E-state index contributed by atoms with van der Waals surface area (Å²) in [5.74, 6) is 0. The maximum absolute atomic E-state index is 5.46. The fourth-order valence-electron chi connectivity index (χ4n) is 9.88. The van der Waals surface area contributed by atoms with E-state index >= 15 is 0 Å². The molecule has 4 nitrogen and oxygen atoms in total. The Hall–Kier alpha value is -8.08. The average Bonchev–Trinajstić information content (AvgIpc) is 3.65. The van der Waals surface area contributed by atoms with Gasteiger partial charge in [-0.2, -0.15) is 0 Å². The lowest BCUT2D eigenvalue weighted by atomic mass is 9.87. The second-order valence-corrected chi connectivity index (χ2v) is 15.7. The molecule has 0 saturated heterocycles. The van der Waals surface area contributed by atoms with Gasteiger partial charge < -0.3 is 9.47 Å². The number of hydrogen-bond acceptors (Lipinski definition) is 3. The molecular formula is C56H34N4. The lowest BCUT2D eigenvalue weighted by molar-refractivity contribution is 1.18. The number of hydrogen-bond donors (Lipinski definition) is 0. The Morgan fingerprint density at radius 2 is 1.00 bits per heavy atom. The van der Waals surface area contributed by atoms with Crippen molar-refractivity contribution in [2.45, 2.75) is 0 Å². The van der Waals surface area contributed by atoms with Gasteiger partial charge in [0.05, 0.1) is 50.5 Å². The number of benzene rings is 10. The van der Waals surface area contributed by atoms with E-state index < -0.39 is 0 Å². The first-order valence-electron chi connectivity index (χ1n) is 20.5. The van der Waals surface area contributed by atoms with Gasteiger partial charge in [-0.15, -0.1) is 0 Å². The van der Waals surface area contributed by atoms with Crippen LogP contribution in [0.25, 0.3) is 104 Å². The highest BCUT2D eigenvalue weighted by atomic mass is 15.2. The van der Waals surface area contributed by atoms with Crippen LogP contribution in [-0.2, 0) is 0 Å². The van der Waals surface area contributed by atoms with Crippen molar-refractivity contribution < 1.29 is 0 Å². The van der Waals surface area contributed by atoms with Crippen molar-refractivity contribution >= 4 is 82.2 Å². The van der Waals surface area contributed by atoms with Crippen LogP contribution in [0.2, 0.25) is 0 Å². The molecule has 0 amide bonds. The minimum Gasteiger partial charge on any atom is -0.309 e. The largest absolute Gasteiger partial charge is 0.309 e. The highest BCUT2D eigenvalue weighted by Gasteiger charge is 2.29. The van der Waals surface area contributed by atoms with E-state index in [0.29, 0.717) is 0 Å². The van der Waals surface area contributed by atoms with Crippen LogP contribution < -0.4 is 4.90 Å². The van der Waals surface area contributed by atoms with Crippen LogP contribution in [0.4, 0.5) is 17.1 Å². The third kappa shape index (κ3) is 4.73. The van der Waals surface area contributed by atoms with Crippen molar-refractivity contribution in [1.29, 1.82) is 0 Å². The molecule has 0 radical (unpaired) electrons. The molecule has 3 heterocycles. The molecule has 1 aliphatic heterocycles. The van der Waals surface area contributed by atoms with E-state index in [9.17, 15) is 0 Å². The molecule has 4 heteroatoms. The van der Waals surface area contributed by atoms with Crippen molar-refractivity contribution in [2.24, 2.45) is 0 Å². The van der Waals surface area contributed by atoms with Gasteiger partial charge in [0.15, 0.2) is 0 Å². The van der Waals surface area contributed by atoms with E-state index in [4.69, 9.17) is 9.97 Å². The maximum atomic E-state index is 5.46. The van der Waals surface area contributed by atoms with Gasteiger partial charge in [-0.05, 0) is 93.8 Å². The summed E-state index contributed by atoms with van der Waals surface area (Å²) in [6.45, 7) is 0. The second-order valence-electron chi connectivity index (χ2n) is 15.7. The summed E-state index contributed by atoms with van der Waals surface area (Å²) in [5.41, 5.74) is 15.0. The molecule has 0 fully saturated rings. The van der Waals surface area contributed by atoms with Crippen LogP contribution in [0, 0.1) is 0 Å². The molecule has 1 aliphatic rings. The van der Waals surface area contributed by atoms with Gasteiger partial charge in [-0.1, -0.05) is 140 Å². The van der Waals surface area contributed by atoms with Gasteiger partial charge in [0.25, 0.3) is 0 Å². The van der Waals surface area contributed by atoms with Gasteiger partial charge in [0, 0.05) is 43.9 Å². The molecule has 60 heavy (non-hydrogen) atoms. The van der Waals surface area contributed by atoms with Gasteiger partial charge >= 0.3 is 0 Å². The SMILES string of the molecule is c1ccc(-n2c3ccccc3c3cc(-c4nc5ccccc5nc4-c4ccc(N5c6ccc7ccccc7c6-c6cccc7cccc5c67)c5ccccc45)ccc32)cc1. The molecule has 0 saturated carbocycles. The van der Waals surface area contributed by atoms with Crippen molar-refractivity contribution in [1.82, 2.24) is 14.5 Å². The third-order valence-corrected chi connectivity index (χ3v) is 12.5. The molecular weight excluding hydrogens is 729 g/mol. The fraction of sp³-hybridized carbons (Fsp3) is 0. The summed E-state index contributed by atoms with van der Waals surface area (Å²) in [7, 11) is 0. The molecule has 278 valence electrons. The molecule has 12 aromatic rings. The van der Waals surface area contributed by atoms with E-state index in [1.54, 1.807) is 0 Å². The molecule has 0 bridgehead atoms. The van der Waals surface area contributed by atoms with Crippen molar-refractivity contribution in [3.05, 3.63) is 206 Å². The summed E-state index contributed by atoms with van der Waals surface area (Å²) in [5, 5.41) is 9.64. The molecule has 13 rings (SSSR count). The lowest BCUT2D eigenvalue weighted by Crippen LogP contribution is -2.15. The predicted octanol–water partition coefficient (Wildman–Crippen LogP) is 15.0. The minimum absolute atomic E-state index is 0.860. The molecule has 0 spiro atoms. The van der Waals surface area contributed by atoms with E-state index in [0.717, 1.165) is 61.2 Å². The van der Waals surface area contributed by atoms with E-state index in [1.807, 2.05) is 12.1 Å². The number of anilines is 3. The summed E-state index contributed by atoms with van der Waals surface area (Å²) in [6, 6.07) is 74.3. The highest BCUT2D eigenvalue weighted by molar-refractivity contribution is 6.21. The summed E-state index contributed by atoms with van der Waals surface area (Å²) < 4.78 is 2.36. The zero-order valence-corrected chi connectivity index (χ0v) is 32.4. The number of rotatable bonds is 4. The molecule has 2 aromatic heterocycles. The van der Waals surface area contributed by atoms with E-state index in [1.165, 1.54) is 60.3 Å². The summed E-state index contributed by atoms with van der Waals surface area (Å²) >= 11 is 0. The number of para-hydroxylation sites is 4. The second kappa shape index (κ2) is 12.7. The van der Waals surface area contributed by atoms with Gasteiger partial charge in [-0.25, -0.2) is 9.97 Å². The normalized spacial score (nSPS) is 12.3. The van der Waals surface area contributed by atoms with Crippen LogP contribution in [0.3, 0.4) is 0 Å². The van der Waals surface area contributed by atoms with Crippen LogP contribution >= 0.6 is 0 Å². The fourth-order valence-corrected chi connectivity index (χ4v) is 9.88. The standard InChI is InChI=1S/C56H34N4/c1-2-17-38(18-3-1)59-48-26-11-8-22-42(48)45-34-37(29-31-50(45)59)55-56(58-47-25-10-9-24-46(47)57-55)43-30-33-49(41-21-7-6-20-40(41)43)60-51-27-13-16-36-15-12-23-44(53(36)51)54-39-19-5-4-14-35(39)28-32-52(54)60/h1-34H. The first-order chi connectivity index (χ1) is 29.8. The monoisotopic (exact) mass is 762 g/mol. The predicted molar refractivity (Wildman–Crippen MR) is 251 cm³/mol.